The van der Waals surface area contributed by atoms with E-state index in [0.29, 0.717) is 6.07 Å². The number of carbonyl (C=O) groups is 4. The molecule has 2 aromatic rings. The van der Waals surface area contributed by atoms with Gasteiger partial charge in [-0.3, -0.25) is 24.2 Å². The SMILES string of the molecule is CC[C@H](CC(=O)[C@@H]1C[C@@H](S(=O)(=O)c2ccccc2C(F)(F)F)CN1C(=O)C1(c2ncc(Cl)cc2F)CC1)C(=O)C(=O)NC1CC1. The summed E-state index contributed by atoms with van der Waals surface area (Å²) in [6.07, 6.45) is -3.12. The Labute approximate surface area is 261 Å². The van der Waals surface area contributed by atoms with Gasteiger partial charge in [-0.2, -0.15) is 13.2 Å². The first-order valence-corrected chi connectivity index (χ1v) is 16.4. The Hall–Kier alpha value is -3.39. The summed E-state index contributed by atoms with van der Waals surface area (Å²) < 4.78 is 83.8. The largest absolute Gasteiger partial charge is 0.417 e. The van der Waals surface area contributed by atoms with Gasteiger partial charge in [-0.1, -0.05) is 30.7 Å². The molecule has 1 aliphatic heterocycles. The molecule has 0 radical (unpaired) electrons. The summed E-state index contributed by atoms with van der Waals surface area (Å²) in [6, 6.07) is 3.03. The maximum atomic E-state index is 14.9. The summed E-state index contributed by atoms with van der Waals surface area (Å²) in [5.74, 6) is -5.16. The highest BCUT2D eigenvalue weighted by atomic mass is 35.5. The Morgan fingerprint density at radius 1 is 1.16 bits per heavy atom. The summed E-state index contributed by atoms with van der Waals surface area (Å²) in [4.78, 5) is 57.1. The summed E-state index contributed by atoms with van der Waals surface area (Å²) >= 11 is 5.83. The molecule has 5 rings (SSSR count). The zero-order valence-corrected chi connectivity index (χ0v) is 25.6. The molecule has 15 heteroatoms. The Bertz CT molecular complexity index is 1660. The van der Waals surface area contributed by atoms with E-state index in [1.165, 1.54) is 0 Å². The van der Waals surface area contributed by atoms with E-state index in [9.17, 15) is 45.2 Å². The first-order chi connectivity index (χ1) is 21.1. The van der Waals surface area contributed by atoms with Gasteiger partial charge in [0, 0.05) is 31.1 Å². The summed E-state index contributed by atoms with van der Waals surface area (Å²) in [6.45, 7) is 0.945. The fraction of sp³-hybridized carbons (Fsp3) is 0.500. The number of pyridine rings is 1. The van der Waals surface area contributed by atoms with Gasteiger partial charge in [0.25, 0.3) is 5.91 Å². The number of rotatable bonds is 11. The van der Waals surface area contributed by atoms with E-state index in [2.05, 4.69) is 10.3 Å². The molecular formula is C30H30ClF4N3O6S. The monoisotopic (exact) mass is 671 g/mol. The minimum Gasteiger partial charge on any atom is -0.347 e. The number of hydrogen-bond acceptors (Lipinski definition) is 7. The lowest BCUT2D eigenvalue weighted by Crippen LogP contribution is -2.47. The van der Waals surface area contributed by atoms with Crippen LogP contribution in [0.15, 0.2) is 41.4 Å². The molecule has 9 nitrogen and oxygen atoms in total. The molecule has 1 aromatic heterocycles. The molecule has 0 bridgehead atoms. The van der Waals surface area contributed by atoms with Gasteiger partial charge in [-0.15, -0.1) is 0 Å². The molecular weight excluding hydrogens is 642 g/mol. The number of sulfone groups is 1. The van der Waals surface area contributed by atoms with E-state index < -0.39 is 97.7 Å². The van der Waals surface area contributed by atoms with Gasteiger partial charge in [-0.25, -0.2) is 12.8 Å². The van der Waals surface area contributed by atoms with E-state index in [-0.39, 0.29) is 36.0 Å². The molecule has 3 atom stereocenters. The summed E-state index contributed by atoms with van der Waals surface area (Å²) in [5, 5.41) is 0.926. The van der Waals surface area contributed by atoms with Crippen molar-refractivity contribution in [1.82, 2.24) is 15.2 Å². The maximum Gasteiger partial charge on any atom is 0.417 e. The van der Waals surface area contributed by atoms with Gasteiger partial charge in [0.2, 0.25) is 11.7 Å². The number of alkyl halides is 3. The summed E-state index contributed by atoms with van der Waals surface area (Å²) in [7, 11) is -4.76. The first-order valence-electron chi connectivity index (χ1n) is 14.5. The molecule has 1 N–H and O–H groups in total. The van der Waals surface area contributed by atoms with Crippen LogP contribution in [0.5, 0.6) is 0 Å². The van der Waals surface area contributed by atoms with E-state index >= 15 is 0 Å². The highest BCUT2D eigenvalue weighted by molar-refractivity contribution is 7.92. The zero-order chi connectivity index (χ0) is 32.9. The molecule has 1 aromatic carbocycles. The molecule has 242 valence electrons. The molecule has 2 heterocycles. The molecule has 45 heavy (non-hydrogen) atoms. The lowest BCUT2D eigenvalue weighted by molar-refractivity contribution is -0.143. The molecule has 3 fully saturated rings. The Morgan fingerprint density at radius 3 is 2.40 bits per heavy atom. The second-order valence-electron chi connectivity index (χ2n) is 11.8. The third kappa shape index (κ3) is 6.49. The van der Waals surface area contributed by atoms with Crippen LogP contribution < -0.4 is 5.32 Å². The van der Waals surface area contributed by atoms with Crippen molar-refractivity contribution in [3.63, 3.8) is 0 Å². The zero-order valence-electron chi connectivity index (χ0n) is 24.1. The van der Waals surface area contributed by atoms with Gasteiger partial charge < -0.3 is 10.2 Å². The second kappa shape index (κ2) is 12.1. The van der Waals surface area contributed by atoms with E-state index in [1.807, 2.05) is 0 Å². The van der Waals surface area contributed by atoms with Crippen molar-refractivity contribution in [2.75, 3.05) is 6.54 Å². The van der Waals surface area contributed by atoms with Gasteiger partial charge >= 0.3 is 6.18 Å². The Balaban J connectivity index is 1.48. The van der Waals surface area contributed by atoms with Gasteiger partial charge in [0.1, 0.15) is 5.82 Å². The van der Waals surface area contributed by atoms with Crippen molar-refractivity contribution in [2.24, 2.45) is 5.92 Å². The minimum absolute atomic E-state index is 0.0239. The minimum atomic E-state index is -5.00. The van der Waals surface area contributed by atoms with Crippen molar-refractivity contribution < 1.29 is 45.2 Å². The van der Waals surface area contributed by atoms with Crippen LogP contribution in [0.3, 0.4) is 0 Å². The summed E-state index contributed by atoms with van der Waals surface area (Å²) in [5.41, 5.74) is -3.16. The number of ketones is 2. The Morgan fingerprint density at radius 2 is 1.82 bits per heavy atom. The van der Waals surface area contributed by atoms with Crippen molar-refractivity contribution in [3.05, 3.63) is 58.6 Å². The molecule has 0 unspecified atom stereocenters. The number of amides is 2. The predicted molar refractivity (Wildman–Crippen MR) is 152 cm³/mol. The van der Waals surface area contributed by atoms with Gasteiger partial charge in [0.15, 0.2) is 15.6 Å². The first kappa shape index (κ1) is 33.0. The van der Waals surface area contributed by atoms with Crippen LogP contribution in [0, 0.1) is 11.7 Å². The number of hydrogen-bond donors (Lipinski definition) is 1. The average molecular weight is 672 g/mol. The molecule has 2 saturated carbocycles. The van der Waals surface area contributed by atoms with Crippen molar-refractivity contribution in [1.29, 1.82) is 0 Å². The quantitative estimate of drug-likeness (QED) is 0.280. The van der Waals surface area contributed by atoms with Gasteiger partial charge in [-0.05, 0) is 56.7 Å². The standard InChI is InChI=1S/C30H30ClF4N3O6S/c1-2-16(25(40)27(41)37-18-7-8-18)11-23(39)22-13-19(45(43,44)24-6-4-3-5-20(24)30(33,34)35)15-38(22)28(42)29(9-10-29)26-21(32)12-17(31)14-36-26/h3-6,12,14,16,18-19,22H,2,7-11,13,15H2,1H3,(H,37,41)/t16-,19-,22+/m1/s1. The van der Waals surface area contributed by atoms with E-state index in [1.54, 1.807) is 6.92 Å². The second-order valence-corrected chi connectivity index (χ2v) is 14.5. The fourth-order valence-corrected chi connectivity index (χ4v) is 7.92. The molecule has 3 aliphatic rings. The highest BCUT2D eigenvalue weighted by Gasteiger charge is 2.59. The lowest BCUT2D eigenvalue weighted by Gasteiger charge is -2.29. The van der Waals surface area contributed by atoms with Crippen LogP contribution >= 0.6 is 11.6 Å². The molecule has 0 spiro atoms. The van der Waals surface area contributed by atoms with Crippen LogP contribution in [-0.4, -0.2) is 65.6 Å². The number of Topliss-reactive ketones (excluding diaryl/α,β-unsaturated/α-hetero) is 2. The number of benzene rings is 1. The fourth-order valence-electron chi connectivity index (χ4n) is 5.87. The van der Waals surface area contributed by atoms with E-state index in [4.69, 9.17) is 11.6 Å². The van der Waals surface area contributed by atoms with Crippen molar-refractivity contribution in [2.45, 2.75) is 85.7 Å². The number of aromatic nitrogens is 1. The highest BCUT2D eigenvalue weighted by Crippen LogP contribution is 2.51. The maximum absolute atomic E-state index is 14.9. The molecule has 2 amide bonds. The smallest absolute Gasteiger partial charge is 0.347 e. The van der Waals surface area contributed by atoms with Crippen LogP contribution in [-0.2, 0) is 40.6 Å². The third-order valence-electron chi connectivity index (χ3n) is 8.70. The van der Waals surface area contributed by atoms with Crippen molar-refractivity contribution in [3.8, 4) is 0 Å². The number of nitrogens with one attached hydrogen (secondary N) is 1. The van der Waals surface area contributed by atoms with Crippen LogP contribution in [0.2, 0.25) is 5.02 Å². The predicted octanol–water partition coefficient (Wildman–Crippen LogP) is 4.20. The molecule has 2 aliphatic carbocycles. The number of nitrogens with zero attached hydrogens (tertiary/aromatic N) is 2. The van der Waals surface area contributed by atoms with E-state index in [0.717, 1.165) is 48.2 Å². The van der Waals surface area contributed by atoms with Crippen LogP contribution in [0.1, 0.15) is 63.1 Å². The Kier molecular flexibility index (Phi) is 8.86. The number of carbonyl (C=O) groups excluding carboxylic acids is 4. The average Bonchev–Trinajstić information content (AvgIpc) is 3.92. The van der Waals surface area contributed by atoms with Crippen LogP contribution in [0.4, 0.5) is 17.6 Å². The lowest BCUT2D eigenvalue weighted by atomic mass is 9.90. The van der Waals surface area contributed by atoms with Crippen LogP contribution in [0.25, 0.3) is 0 Å². The number of likely N-dealkylation sites (tertiary alicyclic amines) is 1. The number of halogens is 5. The topological polar surface area (TPSA) is 131 Å². The molecule has 1 saturated heterocycles. The third-order valence-corrected chi connectivity index (χ3v) is 11.1. The van der Waals surface area contributed by atoms with Gasteiger partial charge in [0.05, 0.1) is 37.9 Å². The van der Waals surface area contributed by atoms with Crippen molar-refractivity contribution >= 4 is 44.8 Å². The normalized spacial score (nSPS) is 21.7.